The first-order valence-corrected chi connectivity index (χ1v) is 6.33. The average Bonchev–Trinajstić information content (AvgIpc) is 2.75. The van der Waals surface area contributed by atoms with Gasteiger partial charge in [0.2, 0.25) is 5.13 Å². The minimum atomic E-state index is 0.662. The van der Waals surface area contributed by atoms with Crippen molar-refractivity contribution in [3.63, 3.8) is 0 Å². The molecule has 0 amide bonds. The highest BCUT2D eigenvalue weighted by molar-refractivity contribution is 7.15. The molecule has 1 heterocycles. The van der Waals surface area contributed by atoms with Gasteiger partial charge < -0.3 is 5.32 Å². The molecule has 0 spiro atoms. The van der Waals surface area contributed by atoms with Crippen LogP contribution in [-0.4, -0.2) is 16.2 Å². The Labute approximate surface area is 87.9 Å². The zero-order valence-electron chi connectivity index (χ0n) is 8.20. The van der Waals surface area contributed by atoms with Crippen LogP contribution in [0.25, 0.3) is 0 Å². The van der Waals surface area contributed by atoms with Crippen LogP contribution in [0.15, 0.2) is 0 Å². The number of anilines is 1. The fourth-order valence-corrected chi connectivity index (χ4v) is 3.02. The Kier molecular flexibility index (Phi) is 2.16. The van der Waals surface area contributed by atoms with Crippen LogP contribution >= 0.6 is 11.3 Å². The zero-order valence-corrected chi connectivity index (χ0v) is 9.02. The first kappa shape index (κ1) is 8.65. The van der Waals surface area contributed by atoms with Gasteiger partial charge in [0.15, 0.2) is 0 Å². The highest BCUT2D eigenvalue weighted by Crippen LogP contribution is 2.42. The van der Waals surface area contributed by atoms with E-state index in [0.29, 0.717) is 6.04 Å². The third-order valence-corrected chi connectivity index (χ3v) is 4.07. The van der Waals surface area contributed by atoms with Gasteiger partial charge >= 0.3 is 0 Å². The van der Waals surface area contributed by atoms with Gasteiger partial charge in [0, 0.05) is 12.0 Å². The van der Waals surface area contributed by atoms with E-state index in [2.05, 4.69) is 15.5 Å². The number of hydrogen-bond donors (Lipinski definition) is 1. The van der Waals surface area contributed by atoms with Crippen LogP contribution in [0, 0.1) is 0 Å². The molecule has 0 aliphatic heterocycles. The molecule has 0 unspecified atom stereocenters. The van der Waals surface area contributed by atoms with Crippen molar-refractivity contribution in [1.29, 1.82) is 0 Å². The van der Waals surface area contributed by atoms with E-state index in [1.165, 1.54) is 43.5 Å². The van der Waals surface area contributed by atoms with Gasteiger partial charge in [-0.1, -0.05) is 24.2 Å². The summed E-state index contributed by atoms with van der Waals surface area (Å²) in [7, 11) is 0. The zero-order chi connectivity index (χ0) is 9.38. The Bertz CT molecular complexity index is 313. The molecule has 2 aliphatic rings. The van der Waals surface area contributed by atoms with E-state index in [9.17, 15) is 0 Å². The second-order valence-corrected chi connectivity index (χ2v) is 5.35. The molecule has 3 nitrogen and oxygen atoms in total. The molecule has 0 radical (unpaired) electrons. The summed E-state index contributed by atoms with van der Waals surface area (Å²) in [4.78, 5) is 0. The van der Waals surface area contributed by atoms with Crippen molar-refractivity contribution >= 4 is 16.5 Å². The van der Waals surface area contributed by atoms with Gasteiger partial charge in [0.25, 0.3) is 0 Å². The Balaban J connectivity index is 1.64. The Morgan fingerprint density at radius 1 is 1.07 bits per heavy atom. The SMILES string of the molecule is C1CCC(Nc2nnc(C3CC3)s2)C1. The fraction of sp³-hybridized carbons (Fsp3) is 0.800. The van der Waals surface area contributed by atoms with Gasteiger partial charge in [-0.15, -0.1) is 10.2 Å². The lowest BCUT2D eigenvalue weighted by molar-refractivity contribution is 0.751. The van der Waals surface area contributed by atoms with Gasteiger partial charge in [0.1, 0.15) is 5.01 Å². The van der Waals surface area contributed by atoms with Crippen molar-refractivity contribution in [3.8, 4) is 0 Å². The molecule has 1 aromatic heterocycles. The van der Waals surface area contributed by atoms with E-state index in [1.54, 1.807) is 11.3 Å². The minimum Gasteiger partial charge on any atom is -0.357 e. The lowest BCUT2D eigenvalue weighted by Gasteiger charge is -2.08. The molecular formula is C10H15N3S. The summed E-state index contributed by atoms with van der Waals surface area (Å²) < 4.78 is 0. The summed E-state index contributed by atoms with van der Waals surface area (Å²) >= 11 is 1.76. The second-order valence-electron chi connectivity index (χ2n) is 4.35. The summed E-state index contributed by atoms with van der Waals surface area (Å²) in [5.74, 6) is 0.742. The highest BCUT2D eigenvalue weighted by Gasteiger charge is 2.28. The molecule has 0 saturated heterocycles. The van der Waals surface area contributed by atoms with Crippen LogP contribution in [-0.2, 0) is 0 Å². The maximum atomic E-state index is 4.23. The van der Waals surface area contributed by atoms with Gasteiger partial charge in [-0.05, 0) is 25.7 Å². The summed E-state index contributed by atoms with van der Waals surface area (Å²) in [5, 5.41) is 14.2. The van der Waals surface area contributed by atoms with E-state index in [-0.39, 0.29) is 0 Å². The molecule has 2 fully saturated rings. The minimum absolute atomic E-state index is 0.662. The van der Waals surface area contributed by atoms with Crippen molar-refractivity contribution in [2.75, 3.05) is 5.32 Å². The number of rotatable bonds is 3. The predicted octanol–water partition coefficient (Wildman–Crippen LogP) is 2.77. The number of hydrogen-bond acceptors (Lipinski definition) is 4. The van der Waals surface area contributed by atoms with E-state index in [4.69, 9.17) is 0 Å². The molecule has 3 rings (SSSR count). The molecule has 2 aliphatic carbocycles. The first-order valence-electron chi connectivity index (χ1n) is 5.52. The molecule has 4 heteroatoms. The van der Waals surface area contributed by atoms with E-state index in [0.717, 1.165) is 11.0 Å². The quantitative estimate of drug-likeness (QED) is 0.831. The second kappa shape index (κ2) is 3.50. The molecular weight excluding hydrogens is 194 g/mol. The van der Waals surface area contributed by atoms with Crippen LogP contribution in [0.2, 0.25) is 0 Å². The summed E-state index contributed by atoms with van der Waals surface area (Å²) in [5.41, 5.74) is 0. The summed E-state index contributed by atoms with van der Waals surface area (Å²) in [6, 6.07) is 0.662. The Morgan fingerprint density at radius 3 is 2.57 bits per heavy atom. The normalized spacial score (nSPS) is 22.9. The number of nitrogens with one attached hydrogen (secondary N) is 1. The van der Waals surface area contributed by atoms with Gasteiger partial charge in [-0.3, -0.25) is 0 Å². The van der Waals surface area contributed by atoms with Gasteiger partial charge in [0.05, 0.1) is 0 Å². The largest absolute Gasteiger partial charge is 0.357 e. The van der Waals surface area contributed by atoms with Crippen molar-refractivity contribution in [1.82, 2.24) is 10.2 Å². The van der Waals surface area contributed by atoms with E-state index < -0.39 is 0 Å². The molecule has 1 aromatic rings. The number of aromatic nitrogens is 2. The van der Waals surface area contributed by atoms with E-state index >= 15 is 0 Å². The first-order chi connectivity index (χ1) is 6.92. The van der Waals surface area contributed by atoms with Crippen LogP contribution in [0.1, 0.15) is 49.5 Å². The smallest absolute Gasteiger partial charge is 0.205 e. The van der Waals surface area contributed by atoms with Crippen LogP contribution in [0.4, 0.5) is 5.13 Å². The van der Waals surface area contributed by atoms with Gasteiger partial charge in [-0.25, -0.2) is 0 Å². The van der Waals surface area contributed by atoms with Crippen molar-refractivity contribution in [2.45, 2.75) is 50.5 Å². The Hall–Kier alpha value is -0.640. The van der Waals surface area contributed by atoms with Crippen molar-refractivity contribution in [3.05, 3.63) is 5.01 Å². The van der Waals surface area contributed by atoms with Crippen LogP contribution in [0.3, 0.4) is 0 Å². The molecule has 76 valence electrons. The highest BCUT2D eigenvalue weighted by atomic mass is 32.1. The summed E-state index contributed by atoms with van der Waals surface area (Å²) in [6.07, 6.45) is 7.98. The topological polar surface area (TPSA) is 37.8 Å². The molecule has 1 N–H and O–H groups in total. The lowest BCUT2D eigenvalue weighted by Crippen LogP contribution is -2.13. The monoisotopic (exact) mass is 209 g/mol. The molecule has 0 aromatic carbocycles. The van der Waals surface area contributed by atoms with Crippen LogP contribution < -0.4 is 5.32 Å². The van der Waals surface area contributed by atoms with E-state index in [1.807, 2.05) is 0 Å². The fourth-order valence-electron chi connectivity index (χ4n) is 2.03. The average molecular weight is 209 g/mol. The van der Waals surface area contributed by atoms with Crippen LogP contribution in [0.5, 0.6) is 0 Å². The predicted molar refractivity (Wildman–Crippen MR) is 57.8 cm³/mol. The van der Waals surface area contributed by atoms with Gasteiger partial charge in [-0.2, -0.15) is 0 Å². The lowest BCUT2D eigenvalue weighted by atomic mass is 10.3. The molecule has 2 saturated carbocycles. The molecule has 0 atom stereocenters. The third-order valence-electron chi connectivity index (χ3n) is 3.05. The third kappa shape index (κ3) is 1.75. The summed E-state index contributed by atoms with van der Waals surface area (Å²) in [6.45, 7) is 0. The standard InChI is InChI=1S/C10H15N3S/c1-2-4-8(3-1)11-10-13-12-9(14-10)7-5-6-7/h7-8H,1-6H2,(H,11,13). The van der Waals surface area contributed by atoms with Crippen molar-refractivity contribution in [2.24, 2.45) is 0 Å². The maximum Gasteiger partial charge on any atom is 0.205 e. The maximum absolute atomic E-state index is 4.23. The van der Waals surface area contributed by atoms with Crippen molar-refractivity contribution < 1.29 is 0 Å². The Morgan fingerprint density at radius 2 is 1.86 bits per heavy atom. The number of nitrogens with zero attached hydrogens (tertiary/aromatic N) is 2. The molecule has 0 bridgehead atoms. The molecule has 14 heavy (non-hydrogen) atoms.